The van der Waals surface area contributed by atoms with Gasteiger partial charge in [-0.15, -0.1) is 0 Å². The molecule has 0 fully saturated rings. The molecule has 0 aliphatic rings. The number of rotatable bonds is 4. The SMILES string of the molecule is Cc1ccccc1C(=O)NCc1nc(-c2ccc(F)cc2)no1. The van der Waals surface area contributed by atoms with Gasteiger partial charge in [-0.25, -0.2) is 4.39 Å². The van der Waals surface area contributed by atoms with Crippen molar-refractivity contribution in [2.45, 2.75) is 13.5 Å². The Balaban J connectivity index is 1.67. The molecule has 5 nitrogen and oxygen atoms in total. The topological polar surface area (TPSA) is 68.0 Å². The fourth-order valence-electron chi connectivity index (χ4n) is 2.12. The molecule has 0 atom stereocenters. The largest absolute Gasteiger partial charge is 0.343 e. The van der Waals surface area contributed by atoms with Crippen LogP contribution in [0.25, 0.3) is 11.4 Å². The number of nitrogens with one attached hydrogen (secondary N) is 1. The second kappa shape index (κ2) is 6.39. The summed E-state index contributed by atoms with van der Waals surface area (Å²) in [6, 6.07) is 13.1. The van der Waals surface area contributed by atoms with E-state index in [2.05, 4.69) is 15.5 Å². The predicted octanol–water partition coefficient (Wildman–Crippen LogP) is 3.11. The molecular formula is C17H14FN3O2. The maximum absolute atomic E-state index is 12.9. The average Bonchev–Trinajstić information content (AvgIpc) is 3.03. The Bertz CT molecular complexity index is 828. The van der Waals surface area contributed by atoms with Crippen LogP contribution in [0.4, 0.5) is 4.39 Å². The van der Waals surface area contributed by atoms with Crippen molar-refractivity contribution in [1.29, 1.82) is 0 Å². The lowest BCUT2D eigenvalue weighted by Crippen LogP contribution is -2.23. The highest BCUT2D eigenvalue weighted by Crippen LogP contribution is 2.16. The Kier molecular flexibility index (Phi) is 4.14. The molecule has 3 rings (SSSR count). The van der Waals surface area contributed by atoms with Gasteiger partial charge in [-0.2, -0.15) is 4.98 Å². The minimum atomic E-state index is -0.331. The minimum absolute atomic E-state index is 0.126. The van der Waals surface area contributed by atoms with E-state index in [9.17, 15) is 9.18 Å². The zero-order valence-corrected chi connectivity index (χ0v) is 12.4. The Labute approximate surface area is 132 Å². The van der Waals surface area contributed by atoms with Crippen LogP contribution in [-0.2, 0) is 6.54 Å². The molecule has 0 radical (unpaired) electrons. The zero-order valence-electron chi connectivity index (χ0n) is 12.4. The third kappa shape index (κ3) is 3.42. The molecule has 1 aromatic heterocycles. The van der Waals surface area contributed by atoms with E-state index in [-0.39, 0.29) is 24.2 Å². The van der Waals surface area contributed by atoms with Gasteiger partial charge in [0.1, 0.15) is 5.82 Å². The number of amides is 1. The van der Waals surface area contributed by atoms with Gasteiger partial charge in [-0.3, -0.25) is 4.79 Å². The van der Waals surface area contributed by atoms with Crippen LogP contribution in [0.3, 0.4) is 0 Å². The Morgan fingerprint density at radius 2 is 1.91 bits per heavy atom. The van der Waals surface area contributed by atoms with Gasteiger partial charge in [0.25, 0.3) is 5.91 Å². The van der Waals surface area contributed by atoms with Crippen molar-refractivity contribution < 1.29 is 13.7 Å². The second-order valence-corrected chi connectivity index (χ2v) is 5.02. The Morgan fingerprint density at radius 1 is 1.17 bits per heavy atom. The summed E-state index contributed by atoms with van der Waals surface area (Å²) in [4.78, 5) is 16.3. The van der Waals surface area contributed by atoms with Gasteiger partial charge < -0.3 is 9.84 Å². The molecule has 116 valence electrons. The third-order valence-electron chi connectivity index (χ3n) is 3.36. The summed E-state index contributed by atoms with van der Waals surface area (Å²) in [5, 5.41) is 6.56. The first kappa shape index (κ1) is 14.9. The highest BCUT2D eigenvalue weighted by Gasteiger charge is 2.12. The molecule has 0 unspecified atom stereocenters. The number of halogens is 1. The van der Waals surface area contributed by atoms with Gasteiger partial charge in [0.15, 0.2) is 0 Å². The van der Waals surface area contributed by atoms with Gasteiger partial charge in [-0.1, -0.05) is 23.4 Å². The third-order valence-corrected chi connectivity index (χ3v) is 3.36. The van der Waals surface area contributed by atoms with Crippen molar-refractivity contribution in [2.24, 2.45) is 0 Å². The van der Waals surface area contributed by atoms with Crippen LogP contribution in [0.5, 0.6) is 0 Å². The number of carbonyl (C=O) groups excluding carboxylic acids is 1. The summed E-state index contributed by atoms with van der Waals surface area (Å²) in [5.41, 5.74) is 2.14. The molecule has 2 aromatic carbocycles. The number of hydrogen-bond donors (Lipinski definition) is 1. The summed E-state index contributed by atoms with van der Waals surface area (Å²) >= 11 is 0. The molecule has 3 aromatic rings. The van der Waals surface area contributed by atoms with Gasteiger partial charge in [0.05, 0.1) is 6.54 Å². The fourth-order valence-corrected chi connectivity index (χ4v) is 2.12. The van der Waals surface area contributed by atoms with Crippen LogP contribution in [0.1, 0.15) is 21.8 Å². The number of nitrogens with zero attached hydrogens (tertiary/aromatic N) is 2. The van der Waals surface area contributed by atoms with Crippen molar-refractivity contribution in [3.63, 3.8) is 0 Å². The molecule has 0 bridgehead atoms. The van der Waals surface area contributed by atoms with E-state index in [0.29, 0.717) is 17.0 Å². The lowest BCUT2D eigenvalue weighted by Gasteiger charge is -2.04. The predicted molar refractivity (Wildman–Crippen MR) is 82.0 cm³/mol. The number of aryl methyl sites for hydroxylation is 1. The van der Waals surface area contributed by atoms with Crippen LogP contribution < -0.4 is 5.32 Å². The first-order valence-electron chi connectivity index (χ1n) is 7.06. The van der Waals surface area contributed by atoms with E-state index in [4.69, 9.17) is 4.52 Å². The minimum Gasteiger partial charge on any atom is -0.343 e. The van der Waals surface area contributed by atoms with Gasteiger partial charge in [-0.05, 0) is 42.8 Å². The molecule has 0 saturated carbocycles. The number of hydrogen-bond acceptors (Lipinski definition) is 4. The summed E-state index contributed by atoms with van der Waals surface area (Å²) in [6.07, 6.45) is 0. The van der Waals surface area contributed by atoms with E-state index in [1.807, 2.05) is 19.1 Å². The maximum atomic E-state index is 12.9. The van der Waals surface area contributed by atoms with Crippen LogP contribution >= 0.6 is 0 Å². The molecule has 0 aliphatic carbocycles. The maximum Gasteiger partial charge on any atom is 0.251 e. The Morgan fingerprint density at radius 3 is 2.65 bits per heavy atom. The zero-order chi connectivity index (χ0) is 16.2. The van der Waals surface area contributed by atoms with Crippen molar-refractivity contribution >= 4 is 5.91 Å². The van der Waals surface area contributed by atoms with Gasteiger partial charge >= 0.3 is 0 Å². The fraction of sp³-hybridized carbons (Fsp3) is 0.118. The van der Waals surface area contributed by atoms with E-state index >= 15 is 0 Å². The number of aromatic nitrogens is 2. The van der Waals surface area contributed by atoms with Gasteiger partial charge in [0.2, 0.25) is 11.7 Å². The van der Waals surface area contributed by atoms with Gasteiger partial charge in [0, 0.05) is 11.1 Å². The van der Waals surface area contributed by atoms with E-state index in [1.165, 1.54) is 12.1 Å². The summed E-state index contributed by atoms with van der Waals surface area (Å²) in [6.45, 7) is 2.00. The molecule has 6 heteroatoms. The standard InChI is InChI=1S/C17H14FN3O2/c1-11-4-2-3-5-14(11)17(22)19-10-15-20-16(21-23-15)12-6-8-13(18)9-7-12/h2-9H,10H2,1H3,(H,19,22). The van der Waals surface area contributed by atoms with Crippen molar-refractivity contribution in [2.75, 3.05) is 0 Å². The molecule has 23 heavy (non-hydrogen) atoms. The van der Waals surface area contributed by atoms with Crippen LogP contribution in [0.2, 0.25) is 0 Å². The average molecular weight is 311 g/mol. The normalized spacial score (nSPS) is 10.5. The smallest absolute Gasteiger partial charge is 0.251 e. The molecule has 1 amide bonds. The van der Waals surface area contributed by atoms with Crippen LogP contribution in [0.15, 0.2) is 53.1 Å². The Hall–Kier alpha value is -3.02. The first-order chi connectivity index (χ1) is 11.1. The summed E-state index contributed by atoms with van der Waals surface area (Å²) in [7, 11) is 0. The summed E-state index contributed by atoms with van der Waals surface area (Å²) in [5.74, 6) is 0.101. The molecular weight excluding hydrogens is 297 g/mol. The lowest BCUT2D eigenvalue weighted by molar-refractivity contribution is 0.0945. The van der Waals surface area contributed by atoms with E-state index < -0.39 is 0 Å². The van der Waals surface area contributed by atoms with Crippen molar-refractivity contribution in [3.05, 3.63) is 71.4 Å². The quantitative estimate of drug-likeness (QED) is 0.804. The van der Waals surface area contributed by atoms with Crippen LogP contribution in [0, 0.1) is 12.7 Å². The van der Waals surface area contributed by atoms with Crippen LogP contribution in [-0.4, -0.2) is 16.0 Å². The lowest BCUT2D eigenvalue weighted by atomic mass is 10.1. The molecule has 1 heterocycles. The monoisotopic (exact) mass is 311 g/mol. The van der Waals surface area contributed by atoms with Crippen molar-refractivity contribution in [1.82, 2.24) is 15.5 Å². The van der Waals surface area contributed by atoms with E-state index in [1.54, 1.807) is 24.3 Å². The highest BCUT2D eigenvalue weighted by atomic mass is 19.1. The molecule has 0 aliphatic heterocycles. The van der Waals surface area contributed by atoms with Crippen molar-refractivity contribution in [3.8, 4) is 11.4 Å². The molecule has 0 saturated heterocycles. The highest BCUT2D eigenvalue weighted by molar-refractivity contribution is 5.95. The number of carbonyl (C=O) groups is 1. The first-order valence-corrected chi connectivity index (χ1v) is 7.06. The van der Waals surface area contributed by atoms with E-state index in [0.717, 1.165) is 5.56 Å². The summed E-state index contributed by atoms with van der Waals surface area (Å²) < 4.78 is 18.0. The number of benzene rings is 2. The molecule has 0 spiro atoms. The second-order valence-electron chi connectivity index (χ2n) is 5.02. The molecule has 1 N–H and O–H groups in total.